The highest BCUT2D eigenvalue weighted by Crippen LogP contribution is 2.23. The highest BCUT2D eigenvalue weighted by Gasteiger charge is 2.14. The van der Waals surface area contributed by atoms with Crippen LogP contribution < -0.4 is 15.4 Å². The van der Waals surface area contributed by atoms with Crippen molar-refractivity contribution in [2.24, 2.45) is 5.92 Å². The molecule has 118 valence electrons. The average molecular weight is 311 g/mol. The topological polar surface area (TPSA) is 72.0 Å². The van der Waals surface area contributed by atoms with Gasteiger partial charge >= 0.3 is 6.01 Å². The third-order valence-corrected chi connectivity index (χ3v) is 4.32. The fraction of sp³-hybridized carbons (Fsp3) is 0.786. The van der Waals surface area contributed by atoms with Gasteiger partial charge in [-0.2, -0.15) is 26.7 Å². The normalized spacial score (nSPS) is 15.7. The summed E-state index contributed by atoms with van der Waals surface area (Å²) in [6.07, 6.45) is 3.47. The lowest BCUT2D eigenvalue weighted by Crippen LogP contribution is -2.20. The molecule has 6 nitrogen and oxygen atoms in total. The molecule has 0 amide bonds. The van der Waals surface area contributed by atoms with E-state index in [0.717, 1.165) is 19.5 Å². The van der Waals surface area contributed by atoms with Crippen molar-refractivity contribution < 1.29 is 4.74 Å². The van der Waals surface area contributed by atoms with E-state index in [2.05, 4.69) is 32.5 Å². The Morgan fingerprint density at radius 2 is 1.81 bits per heavy atom. The van der Waals surface area contributed by atoms with Crippen LogP contribution in [0.1, 0.15) is 33.1 Å². The maximum absolute atomic E-state index is 5.53. The Kier molecular flexibility index (Phi) is 6.85. The van der Waals surface area contributed by atoms with Crippen LogP contribution in [0.5, 0.6) is 6.01 Å². The SMILES string of the molecule is CCCOc1nc(NCC)nc(NCC2CCSCC2)n1. The molecule has 7 heteroatoms. The van der Waals surface area contributed by atoms with Gasteiger partial charge in [0.05, 0.1) is 6.61 Å². The van der Waals surface area contributed by atoms with Crippen molar-refractivity contribution in [3.63, 3.8) is 0 Å². The van der Waals surface area contributed by atoms with Crippen molar-refractivity contribution in [1.29, 1.82) is 0 Å². The van der Waals surface area contributed by atoms with Crippen molar-refractivity contribution >= 4 is 23.7 Å². The molecule has 2 N–H and O–H groups in total. The molecule has 0 aromatic carbocycles. The van der Waals surface area contributed by atoms with Crippen LogP contribution in [0.15, 0.2) is 0 Å². The molecule has 2 heterocycles. The molecule has 0 saturated carbocycles. The highest BCUT2D eigenvalue weighted by molar-refractivity contribution is 7.99. The van der Waals surface area contributed by atoms with Gasteiger partial charge in [-0.15, -0.1) is 0 Å². The van der Waals surface area contributed by atoms with Crippen molar-refractivity contribution in [2.45, 2.75) is 33.1 Å². The Balaban J connectivity index is 1.96. The molecule has 0 unspecified atom stereocenters. The Morgan fingerprint density at radius 3 is 2.48 bits per heavy atom. The fourth-order valence-electron chi connectivity index (χ4n) is 2.12. The first-order valence-corrected chi connectivity index (χ1v) is 8.91. The summed E-state index contributed by atoms with van der Waals surface area (Å²) in [6, 6.07) is 0.393. The van der Waals surface area contributed by atoms with E-state index in [1.165, 1.54) is 24.3 Å². The number of thioether (sulfide) groups is 1. The zero-order chi connectivity index (χ0) is 14.9. The third-order valence-electron chi connectivity index (χ3n) is 3.27. The number of anilines is 2. The van der Waals surface area contributed by atoms with E-state index in [1.807, 2.05) is 18.7 Å². The molecule has 0 atom stereocenters. The molecule has 0 spiro atoms. The van der Waals surface area contributed by atoms with Gasteiger partial charge < -0.3 is 15.4 Å². The zero-order valence-corrected chi connectivity index (χ0v) is 13.7. The molecule has 1 aliphatic rings. The lowest BCUT2D eigenvalue weighted by molar-refractivity contribution is 0.292. The summed E-state index contributed by atoms with van der Waals surface area (Å²) in [5.41, 5.74) is 0. The van der Waals surface area contributed by atoms with E-state index in [0.29, 0.717) is 30.4 Å². The van der Waals surface area contributed by atoms with Gasteiger partial charge in [-0.3, -0.25) is 0 Å². The molecule has 2 rings (SSSR count). The maximum Gasteiger partial charge on any atom is 0.323 e. The van der Waals surface area contributed by atoms with E-state index in [9.17, 15) is 0 Å². The van der Waals surface area contributed by atoms with Crippen LogP contribution in [0.25, 0.3) is 0 Å². The molecule has 21 heavy (non-hydrogen) atoms. The lowest BCUT2D eigenvalue weighted by atomic mass is 10.0. The maximum atomic E-state index is 5.53. The predicted octanol–water partition coefficient (Wildman–Crippen LogP) is 2.65. The summed E-state index contributed by atoms with van der Waals surface area (Å²) < 4.78 is 5.53. The molecule has 0 aliphatic carbocycles. The first kappa shape index (κ1) is 16.1. The second-order valence-corrected chi connectivity index (χ2v) is 6.31. The van der Waals surface area contributed by atoms with Gasteiger partial charge in [-0.1, -0.05) is 6.92 Å². The van der Waals surface area contributed by atoms with Gasteiger partial charge in [0.25, 0.3) is 0 Å². The highest BCUT2D eigenvalue weighted by atomic mass is 32.2. The molecule has 1 saturated heterocycles. The standard InChI is InChI=1S/C14H25N5OS/c1-3-7-20-14-18-12(15-4-2)17-13(19-14)16-10-11-5-8-21-9-6-11/h11H,3-10H2,1-2H3,(H2,15,16,17,18,19). The minimum absolute atomic E-state index is 0.393. The van der Waals surface area contributed by atoms with Crippen molar-refractivity contribution in [2.75, 3.05) is 41.8 Å². The molecular formula is C14H25N5OS. The largest absolute Gasteiger partial charge is 0.463 e. The second-order valence-electron chi connectivity index (χ2n) is 5.08. The number of ether oxygens (including phenoxy) is 1. The quantitative estimate of drug-likeness (QED) is 0.764. The first-order valence-electron chi connectivity index (χ1n) is 7.76. The van der Waals surface area contributed by atoms with Crippen LogP contribution in [0.3, 0.4) is 0 Å². The van der Waals surface area contributed by atoms with Gasteiger partial charge in [-0.25, -0.2) is 0 Å². The van der Waals surface area contributed by atoms with Crippen LogP contribution in [-0.2, 0) is 0 Å². The van der Waals surface area contributed by atoms with E-state index in [4.69, 9.17) is 4.74 Å². The monoisotopic (exact) mass is 311 g/mol. The number of aromatic nitrogens is 3. The number of nitrogens with one attached hydrogen (secondary N) is 2. The summed E-state index contributed by atoms with van der Waals surface area (Å²) in [5.74, 6) is 4.41. The third kappa shape index (κ3) is 5.57. The smallest absolute Gasteiger partial charge is 0.323 e. The van der Waals surface area contributed by atoms with E-state index < -0.39 is 0 Å². The van der Waals surface area contributed by atoms with Gasteiger partial charge in [0.15, 0.2) is 0 Å². The Bertz CT molecular complexity index is 426. The molecule has 0 radical (unpaired) electrons. The van der Waals surface area contributed by atoms with Gasteiger partial charge in [-0.05, 0) is 43.6 Å². The summed E-state index contributed by atoms with van der Waals surface area (Å²) in [4.78, 5) is 13.0. The minimum atomic E-state index is 0.393. The first-order chi connectivity index (χ1) is 10.3. The summed E-state index contributed by atoms with van der Waals surface area (Å²) in [6.45, 7) is 6.39. The lowest BCUT2D eigenvalue weighted by Gasteiger charge is -2.21. The summed E-state index contributed by atoms with van der Waals surface area (Å²) in [7, 11) is 0. The van der Waals surface area contributed by atoms with Crippen molar-refractivity contribution in [3.8, 4) is 6.01 Å². The molecule has 1 fully saturated rings. The zero-order valence-electron chi connectivity index (χ0n) is 12.9. The average Bonchev–Trinajstić information content (AvgIpc) is 2.52. The fourth-order valence-corrected chi connectivity index (χ4v) is 3.32. The number of hydrogen-bond acceptors (Lipinski definition) is 7. The molecule has 0 bridgehead atoms. The molecule has 1 aliphatic heterocycles. The Morgan fingerprint density at radius 1 is 1.10 bits per heavy atom. The number of nitrogens with zero attached hydrogens (tertiary/aromatic N) is 3. The van der Waals surface area contributed by atoms with E-state index >= 15 is 0 Å². The van der Waals surface area contributed by atoms with Gasteiger partial charge in [0, 0.05) is 13.1 Å². The molecular weight excluding hydrogens is 286 g/mol. The minimum Gasteiger partial charge on any atom is -0.463 e. The van der Waals surface area contributed by atoms with Crippen LogP contribution in [0, 0.1) is 5.92 Å². The summed E-state index contributed by atoms with van der Waals surface area (Å²) in [5, 5.41) is 6.46. The van der Waals surface area contributed by atoms with Gasteiger partial charge in [0.2, 0.25) is 11.9 Å². The van der Waals surface area contributed by atoms with E-state index in [1.54, 1.807) is 0 Å². The predicted molar refractivity (Wildman–Crippen MR) is 88.3 cm³/mol. The number of hydrogen-bond donors (Lipinski definition) is 2. The Hall–Kier alpha value is -1.24. The molecule has 1 aromatic rings. The van der Waals surface area contributed by atoms with Gasteiger partial charge in [0.1, 0.15) is 0 Å². The second kappa shape index (κ2) is 8.92. The number of rotatable bonds is 8. The van der Waals surface area contributed by atoms with Crippen molar-refractivity contribution in [1.82, 2.24) is 15.0 Å². The van der Waals surface area contributed by atoms with Crippen LogP contribution in [-0.4, -0.2) is 46.2 Å². The van der Waals surface area contributed by atoms with E-state index in [-0.39, 0.29) is 0 Å². The Labute approximate surface area is 130 Å². The van der Waals surface area contributed by atoms with Crippen LogP contribution in [0.4, 0.5) is 11.9 Å². The summed E-state index contributed by atoms with van der Waals surface area (Å²) >= 11 is 2.04. The van der Waals surface area contributed by atoms with Crippen LogP contribution >= 0.6 is 11.8 Å². The van der Waals surface area contributed by atoms with Crippen molar-refractivity contribution in [3.05, 3.63) is 0 Å². The molecule has 1 aromatic heterocycles. The van der Waals surface area contributed by atoms with Crippen LogP contribution in [0.2, 0.25) is 0 Å².